The summed E-state index contributed by atoms with van der Waals surface area (Å²) >= 11 is 0. The molecular weight excluding hydrogens is 396 g/mol. The summed E-state index contributed by atoms with van der Waals surface area (Å²) in [7, 11) is 0. The van der Waals surface area contributed by atoms with E-state index in [2.05, 4.69) is 15.6 Å². The zero-order valence-corrected chi connectivity index (χ0v) is 18.1. The van der Waals surface area contributed by atoms with Crippen LogP contribution in [0.2, 0.25) is 0 Å². The Morgan fingerprint density at radius 1 is 1.06 bits per heavy atom. The van der Waals surface area contributed by atoms with Crippen LogP contribution in [0, 0.1) is 17.0 Å². The highest BCUT2D eigenvalue weighted by Gasteiger charge is 2.22. The van der Waals surface area contributed by atoms with Gasteiger partial charge in [-0.2, -0.15) is 0 Å². The number of benzene rings is 2. The Morgan fingerprint density at radius 2 is 1.68 bits per heavy atom. The molecule has 31 heavy (non-hydrogen) atoms. The predicted octanol–water partition coefficient (Wildman–Crippen LogP) is 5.09. The molecule has 8 nitrogen and oxygen atoms in total. The number of alkyl carbamates (subject to hydrolysis) is 1. The zero-order valence-electron chi connectivity index (χ0n) is 18.1. The number of pyridine rings is 1. The van der Waals surface area contributed by atoms with Crippen LogP contribution in [0.25, 0.3) is 10.9 Å². The van der Waals surface area contributed by atoms with Crippen LogP contribution in [0.5, 0.6) is 0 Å². The third kappa shape index (κ3) is 5.69. The molecule has 8 heteroatoms. The molecule has 0 radical (unpaired) electrons. The Kier molecular flexibility index (Phi) is 6.39. The minimum Gasteiger partial charge on any atom is -0.444 e. The van der Waals surface area contributed by atoms with Gasteiger partial charge >= 0.3 is 11.8 Å². The monoisotopic (exact) mass is 422 g/mol. The first-order chi connectivity index (χ1) is 14.6. The lowest BCUT2D eigenvalue weighted by Gasteiger charge is -2.19. The standard InChI is InChI=1S/C23H26N4O4/c1-15-21(27(29)30)20(18-7-5-6-8-19(18)26-15)24-13-16-9-11-17(12-10-16)14-25-22(28)31-23(2,3)4/h5-12H,13-14H2,1-4H3,(H,24,26)(H,25,28). The lowest BCUT2D eigenvalue weighted by Crippen LogP contribution is -2.32. The number of aryl methyl sites for hydroxylation is 1. The first-order valence-electron chi connectivity index (χ1n) is 9.96. The number of para-hydroxylation sites is 1. The summed E-state index contributed by atoms with van der Waals surface area (Å²) in [5.74, 6) is 0. The van der Waals surface area contributed by atoms with Crippen LogP contribution in [0.15, 0.2) is 48.5 Å². The molecule has 0 aliphatic heterocycles. The summed E-state index contributed by atoms with van der Waals surface area (Å²) < 4.78 is 5.23. The highest BCUT2D eigenvalue weighted by atomic mass is 16.6. The topological polar surface area (TPSA) is 106 Å². The Morgan fingerprint density at radius 3 is 2.29 bits per heavy atom. The number of hydrogen-bond acceptors (Lipinski definition) is 6. The van der Waals surface area contributed by atoms with Crippen LogP contribution >= 0.6 is 0 Å². The molecule has 0 aliphatic rings. The number of hydrogen-bond donors (Lipinski definition) is 2. The van der Waals surface area contributed by atoms with Gasteiger partial charge in [-0.25, -0.2) is 9.78 Å². The van der Waals surface area contributed by atoms with E-state index in [9.17, 15) is 14.9 Å². The van der Waals surface area contributed by atoms with Crippen molar-refractivity contribution in [1.82, 2.24) is 10.3 Å². The first kappa shape index (κ1) is 22.0. The van der Waals surface area contributed by atoms with Crippen LogP contribution in [-0.4, -0.2) is 21.6 Å². The molecule has 1 aromatic heterocycles. The molecule has 0 saturated heterocycles. The van der Waals surface area contributed by atoms with Gasteiger partial charge in [-0.1, -0.05) is 42.5 Å². The fourth-order valence-electron chi connectivity index (χ4n) is 3.18. The Bertz CT molecular complexity index is 1100. The maximum Gasteiger partial charge on any atom is 0.407 e. The van der Waals surface area contributed by atoms with E-state index in [4.69, 9.17) is 4.74 Å². The summed E-state index contributed by atoms with van der Waals surface area (Å²) in [5, 5.41) is 18.3. The lowest BCUT2D eigenvalue weighted by atomic mass is 10.1. The number of carbonyl (C=O) groups excluding carboxylic acids is 1. The number of fused-ring (bicyclic) bond motifs is 1. The first-order valence-corrected chi connectivity index (χ1v) is 9.96. The van der Waals surface area contributed by atoms with Crippen molar-refractivity contribution < 1.29 is 14.5 Å². The molecule has 0 aliphatic carbocycles. The number of nitrogens with zero attached hydrogens (tertiary/aromatic N) is 2. The maximum absolute atomic E-state index is 11.8. The van der Waals surface area contributed by atoms with Crippen molar-refractivity contribution >= 4 is 28.4 Å². The summed E-state index contributed by atoms with van der Waals surface area (Å²) in [6.07, 6.45) is -0.467. The quantitative estimate of drug-likeness (QED) is 0.423. The van der Waals surface area contributed by atoms with Crippen LogP contribution < -0.4 is 10.6 Å². The van der Waals surface area contributed by atoms with E-state index in [0.717, 1.165) is 11.1 Å². The number of nitro groups is 1. The van der Waals surface area contributed by atoms with E-state index in [1.54, 1.807) is 6.92 Å². The van der Waals surface area contributed by atoms with Gasteiger partial charge in [0.15, 0.2) is 0 Å². The van der Waals surface area contributed by atoms with Crippen molar-refractivity contribution in [2.75, 3.05) is 5.32 Å². The van der Waals surface area contributed by atoms with Gasteiger partial charge in [0.2, 0.25) is 0 Å². The van der Waals surface area contributed by atoms with Gasteiger partial charge in [0, 0.05) is 18.5 Å². The molecule has 0 spiro atoms. The van der Waals surface area contributed by atoms with Crippen molar-refractivity contribution in [2.24, 2.45) is 0 Å². The van der Waals surface area contributed by atoms with Gasteiger partial charge < -0.3 is 15.4 Å². The lowest BCUT2D eigenvalue weighted by molar-refractivity contribution is -0.384. The van der Waals surface area contributed by atoms with E-state index in [1.165, 1.54) is 0 Å². The Labute approximate surface area is 180 Å². The second-order valence-electron chi connectivity index (χ2n) is 8.22. The second-order valence-corrected chi connectivity index (χ2v) is 8.22. The Balaban J connectivity index is 1.71. The normalized spacial score (nSPS) is 11.2. The summed E-state index contributed by atoms with van der Waals surface area (Å²) in [6.45, 7) is 7.84. The predicted molar refractivity (Wildman–Crippen MR) is 120 cm³/mol. The molecule has 2 N–H and O–H groups in total. The smallest absolute Gasteiger partial charge is 0.407 e. The third-order valence-electron chi connectivity index (χ3n) is 4.55. The average Bonchev–Trinajstić information content (AvgIpc) is 2.69. The molecule has 0 atom stereocenters. The van der Waals surface area contributed by atoms with E-state index in [0.29, 0.717) is 35.4 Å². The minimum atomic E-state index is -0.544. The van der Waals surface area contributed by atoms with Gasteiger partial charge in [0.1, 0.15) is 17.0 Å². The number of aromatic nitrogens is 1. The Hall–Kier alpha value is -3.68. The molecule has 1 amide bonds. The van der Waals surface area contributed by atoms with Crippen molar-refractivity contribution in [2.45, 2.75) is 46.4 Å². The molecule has 1 heterocycles. The molecule has 162 valence electrons. The van der Waals surface area contributed by atoms with Crippen LogP contribution in [0.1, 0.15) is 37.6 Å². The van der Waals surface area contributed by atoms with E-state index in [1.807, 2.05) is 69.3 Å². The van der Waals surface area contributed by atoms with Crippen molar-refractivity contribution in [3.05, 3.63) is 75.5 Å². The summed E-state index contributed by atoms with van der Waals surface area (Å²) in [5.41, 5.74) is 2.85. The number of carbonyl (C=O) groups is 1. The average molecular weight is 422 g/mol. The van der Waals surface area contributed by atoms with Crippen molar-refractivity contribution in [3.63, 3.8) is 0 Å². The van der Waals surface area contributed by atoms with Crippen LogP contribution in [0.4, 0.5) is 16.2 Å². The van der Waals surface area contributed by atoms with Crippen LogP contribution in [0.3, 0.4) is 0 Å². The highest BCUT2D eigenvalue weighted by Crippen LogP contribution is 2.34. The van der Waals surface area contributed by atoms with E-state index in [-0.39, 0.29) is 5.69 Å². The van der Waals surface area contributed by atoms with Crippen LogP contribution in [-0.2, 0) is 17.8 Å². The molecule has 3 rings (SSSR count). The molecule has 3 aromatic rings. The van der Waals surface area contributed by atoms with Gasteiger partial charge in [-0.05, 0) is 44.9 Å². The SMILES string of the molecule is Cc1nc2ccccc2c(NCc2ccc(CNC(=O)OC(C)(C)C)cc2)c1[N+](=O)[O-]. The second kappa shape index (κ2) is 8.99. The maximum atomic E-state index is 11.8. The number of amides is 1. The van der Waals surface area contributed by atoms with Gasteiger partial charge in [-0.15, -0.1) is 0 Å². The molecule has 0 unspecified atom stereocenters. The van der Waals surface area contributed by atoms with Crippen molar-refractivity contribution in [3.8, 4) is 0 Å². The number of rotatable bonds is 6. The fourth-order valence-corrected chi connectivity index (χ4v) is 3.18. The largest absolute Gasteiger partial charge is 0.444 e. The molecule has 0 fully saturated rings. The van der Waals surface area contributed by atoms with Gasteiger partial charge in [0.25, 0.3) is 0 Å². The summed E-state index contributed by atoms with van der Waals surface area (Å²) in [6, 6.07) is 15.0. The molecule has 0 bridgehead atoms. The van der Waals surface area contributed by atoms with Gasteiger partial charge in [0.05, 0.1) is 10.4 Å². The van der Waals surface area contributed by atoms with E-state index < -0.39 is 16.6 Å². The molecular formula is C23H26N4O4. The fraction of sp³-hybridized carbons (Fsp3) is 0.304. The van der Waals surface area contributed by atoms with Crippen molar-refractivity contribution in [1.29, 1.82) is 0 Å². The zero-order chi connectivity index (χ0) is 22.6. The number of nitrogens with one attached hydrogen (secondary N) is 2. The van der Waals surface area contributed by atoms with E-state index >= 15 is 0 Å². The number of anilines is 1. The number of ether oxygens (including phenoxy) is 1. The minimum absolute atomic E-state index is 0.0168. The third-order valence-corrected chi connectivity index (χ3v) is 4.55. The summed E-state index contributed by atoms with van der Waals surface area (Å²) in [4.78, 5) is 27.4. The highest BCUT2D eigenvalue weighted by molar-refractivity contribution is 5.96. The van der Waals surface area contributed by atoms with Gasteiger partial charge in [-0.3, -0.25) is 10.1 Å². The molecule has 2 aromatic carbocycles. The molecule has 0 saturated carbocycles.